The number of likely N-dealkylation sites (tertiary alicyclic amines) is 1. The molecule has 1 aliphatic rings. The van der Waals surface area contributed by atoms with Gasteiger partial charge in [-0.05, 0) is 41.8 Å². The summed E-state index contributed by atoms with van der Waals surface area (Å²) >= 11 is 0. The predicted octanol–water partition coefficient (Wildman–Crippen LogP) is 3.75. The fraction of sp³-hybridized carbons (Fsp3) is 0.333. The molecule has 1 aliphatic heterocycles. The van der Waals surface area contributed by atoms with Crippen LogP contribution in [0.5, 0.6) is 5.75 Å². The third-order valence-corrected chi connectivity index (χ3v) is 4.79. The lowest BCUT2D eigenvalue weighted by molar-refractivity contribution is 0.414. The number of methoxy groups -OCH3 is 1. The minimum absolute atomic E-state index is 0. The molecule has 6 heteroatoms. The average molecular weight is 476 g/mol. The van der Waals surface area contributed by atoms with Crippen molar-refractivity contribution in [2.45, 2.75) is 18.9 Å². The van der Waals surface area contributed by atoms with Crippen LogP contribution in [0.1, 0.15) is 29.0 Å². The number of hydrogen-bond acceptors (Lipinski definition) is 3. The quantitative estimate of drug-likeness (QED) is 0.415. The Kier molecular flexibility index (Phi) is 7.92. The molecule has 1 unspecified atom stereocenters. The molecule has 0 saturated carbocycles. The topological polar surface area (TPSA) is 60.7 Å². The minimum atomic E-state index is 0. The number of ether oxygens (including phenoxy) is 1. The summed E-state index contributed by atoms with van der Waals surface area (Å²) in [5, 5.41) is 12.4. The van der Waals surface area contributed by atoms with Gasteiger partial charge < -0.3 is 15.0 Å². The van der Waals surface area contributed by atoms with Gasteiger partial charge in [0.05, 0.1) is 18.7 Å². The molecule has 142 valence electrons. The van der Waals surface area contributed by atoms with Gasteiger partial charge in [0, 0.05) is 32.6 Å². The van der Waals surface area contributed by atoms with Crippen LogP contribution in [-0.2, 0) is 6.54 Å². The highest BCUT2D eigenvalue weighted by Gasteiger charge is 2.26. The van der Waals surface area contributed by atoms with Crippen molar-refractivity contribution in [2.75, 3.05) is 27.2 Å². The van der Waals surface area contributed by atoms with Crippen LogP contribution in [0.4, 0.5) is 0 Å². The lowest BCUT2D eigenvalue weighted by atomic mass is 9.98. The normalized spacial score (nSPS) is 16.4. The minimum Gasteiger partial charge on any atom is -0.497 e. The summed E-state index contributed by atoms with van der Waals surface area (Å²) in [5.41, 5.74) is 3.10. The number of guanidine groups is 1. The lowest BCUT2D eigenvalue weighted by Crippen LogP contribution is -2.39. The molecule has 5 nitrogen and oxygen atoms in total. The van der Waals surface area contributed by atoms with E-state index in [4.69, 9.17) is 10.00 Å². The van der Waals surface area contributed by atoms with Gasteiger partial charge in [-0.2, -0.15) is 5.26 Å². The summed E-state index contributed by atoms with van der Waals surface area (Å²) in [6.45, 7) is 2.59. The first-order valence-corrected chi connectivity index (χ1v) is 8.82. The molecule has 0 spiro atoms. The van der Waals surface area contributed by atoms with Crippen LogP contribution in [0.2, 0.25) is 0 Å². The molecule has 1 heterocycles. The van der Waals surface area contributed by atoms with E-state index in [0.717, 1.165) is 36.8 Å². The van der Waals surface area contributed by atoms with Crippen molar-refractivity contribution in [1.82, 2.24) is 10.2 Å². The summed E-state index contributed by atoms with van der Waals surface area (Å²) < 4.78 is 5.24. The van der Waals surface area contributed by atoms with E-state index in [0.29, 0.717) is 18.0 Å². The fourth-order valence-corrected chi connectivity index (χ4v) is 3.37. The van der Waals surface area contributed by atoms with Gasteiger partial charge in [0.25, 0.3) is 0 Å². The van der Waals surface area contributed by atoms with Gasteiger partial charge >= 0.3 is 0 Å². The summed E-state index contributed by atoms with van der Waals surface area (Å²) in [5.74, 6) is 2.30. The van der Waals surface area contributed by atoms with E-state index < -0.39 is 0 Å². The average Bonchev–Trinajstić information content (AvgIpc) is 3.19. The SMILES string of the molecule is CN=C(NCc1cccc(C#N)c1)N1CCC(c2ccc(OC)cc2)C1.I. The Morgan fingerprint density at radius 1 is 1.30 bits per heavy atom. The van der Waals surface area contributed by atoms with Gasteiger partial charge in [0.15, 0.2) is 5.96 Å². The summed E-state index contributed by atoms with van der Waals surface area (Å²) in [6, 6.07) is 18.2. The zero-order valence-electron chi connectivity index (χ0n) is 15.7. The van der Waals surface area contributed by atoms with Gasteiger partial charge in [-0.1, -0.05) is 24.3 Å². The third-order valence-electron chi connectivity index (χ3n) is 4.79. The van der Waals surface area contributed by atoms with Gasteiger partial charge in [-0.15, -0.1) is 24.0 Å². The second-order valence-corrected chi connectivity index (χ2v) is 6.42. The van der Waals surface area contributed by atoms with E-state index in [1.54, 1.807) is 7.11 Å². The molecule has 1 saturated heterocycles. The first kappa shape index (κ1) is 21.0. The summed E-state index contributed by atoms with van der Waals surface area (Å²) in [6.07, 6.45) is 1.11. The monoisotopic (exact) mass is 476 g/mol. The van der Waals surface area contributed by atoms with Crippen molar-refractivity contribution in [1.29, 1.82) is 5.26 Å². The van der Waals surface area contributed by atoms with Crippen LogP contribution in [0, 0.1) is 11.3 Å². The van der Waals surface area contributed by atoms with E-state index in [2.05, 4.69) is 33.4 Å². The van der Waals surface area contributed by atoms with Crippen molar-refractivity contribution < 1.29 is 4.74 Å². The molecule has 2 aromatic carbocycles. The molecular formula is C21H25IN4O. The highest BCUT2D eigenvalue weighted by atomic mass is 127. The number of hydrogen-bond donors (Lipinski definition) is 1. The highest BCUT2D eigenvalue weighted by molar-refractivity contribution is 14.0. The first-order valence-electron chi connectivity index (χ1n) is 8.82. The van der Waals surface area contributed by atoms with Crippen LogP contribution in [-0.4, -0.2) is 38.1 Å². The maximum Gasteiger partial charge on any atom is 0.193 e. The molecule has 3 rings (SSSR count). The molecule has 1 N–H and O–H groups in total. The summed E-state index contributed by atoms with van der Waals surface area (Å²) in [7, 11) is 3.50. The smallest absolute Gasteiger partial charge is 0.193 e. The lowest BCUT2D eigenvalue weighted by Gasteiger charge is -2.22. The van der Waals surface area contributed by atoms with Crippen LogP contribution < -0.4 is 10.1 Å². The Morgan fingerprint density at radius 3 is 2.74 bits per heavy atom. The van der Waals surface area contributed by atoms with Gasteiger partial charge in [-0.25, -0.2) is 0 Å². The number of nitrogens with zero attached hydrogens (tertiary/aromatic N) is 3. The number of benzene rings is 2. The molecule has 2 aromatic rings. The van der Waals surface area contributed by atoms with Crippen LogP contribution in [0.25, 0.3) is 0 Å². The molecule has 0 aromatic heterocycles. The second kappa shape index (κ2) is 10.2. The van der Waals surface area contributed by atoms with E-state index in [1.807, 2.05) is 43.4 Å². The zero-order valence-corrected chi connectivity index (χ0v) is 18.0. The number of rotatable bonds is 4. The van der Waals surface area contributed by atoms with E-state index in [1.165, 1.54) is 5.56 Å². The maximum absolute atomic E-state index is 9.02. The molecule has 0 aliphatic carbocycles. The summed E-state index contributed by atoms with van der Waals surface area (Å²) in [4.78, 5) is 6.72. The molecule has 0 bridgehead atoms. The van der Waals surface area contributed by atoms with Crippen molar-refractivity contribution in [3.63, 3.8) is 0 Å². The molecule has 0 radical (unpaired) electrons. The van der Waals surface area contributed by atoms with Crippen molar-refractivity contribution in [2.24, 2.45) is 4.99 Å². The van der Waals surface area contributed by atoms with Gasteiger partial charge in [0.2, 0.25) is 0 Å². The van der Waals surface area contributed by atoms with E-state index in [9.17, 15) is 0 Å². The van der Waals surface area contributed by atoms with Crippen molar-refractivity contribution in [3.8, 4) is 11.8 Å². The predicted molar refractivity (Wildman–Crippen MR) is 119 cm³/mol. The second-order valence-electron chi connectivity index (χ2n) is 6.42. The Labute approximate surface area is 178 Å². The highest BCUT2D eigenvalue weighted by Crippen LogP contribution is 2.28. The number of nitrogens with one attached hydrogen (secondary N) is 1. The number of aliphatic imine (C=N–C) groups is 1. The molecular weight excluding hydrogens is 451 g/mol. The van der Waals surface area contributed by atoms with Gasteiger partial charge in [-0.3, -0.25) is 4.99 Å². The van der Waals surface area contributed by atoms with Crippen LogP contribution in [0.3, 0.4) is 0 Å². The Balaban J connectivity index is 0.00000261. The largest absolute Gasteiger partial charge is 0.497 e. The number of nitriles is 1. The number of halogens is 1. The Bertz CT molecular complexity index is 814. The Morgan fingerprint density at radius 2 is 2.07 bits per heavy atom. The third kappa shape index (κ3) is 5.36. The first-order chi connectivity index (χ1) is 12.7. The van der Waals surface area contributed by atoms with Crippen molar-refractivity contribution >= 4 is 29.9 Å². The van der Waals surface area contributed by atoms with E-state index >= 15 is 0 Å². The van der Waals surface area contributed by atoms with Crippen molar-refractivity contribution in [3.05, 3.63) is 65.2 Å². The fourth-order valence-electron chi connectivity index (χ4n) is 3.37. The van der Waals surface area contributed by atoms with Crippen LogP contribution in [0.15, 0.2) is 53.5 Å². The van der Waals surface area contributed by atoms with Crippen LogP contribution >= 0.6 is 24.0 Å². The molecule has 27 heavy (non-hydrogen) atoms. The molecule has 1 atom stereocenters. The van der Waals surface area contributed by atoms with Gasteiger partial charge in [0.1, 0.15) is 5.75 Å². The Hall–Kier alpha value is -2.27. The van der Waals surface area contributed by atoms with E-state index in [-0.39, 0.29) is 24.0 Å². The molecule has 1 fully saturated rings. The molecule has 0 amide bonds. The zero-order chi connectivity index (χ0) is 18.4. The standard InChI is InChI=1S/C21H24N4O.HI/c1-23-21(24-14-17-5-3-4-16(12-17)13-22)25-11-10-19(15-25)18-6-8-20(26-2)9-7-18;/h3-9,12,19H,10-11,14-15H2,1-2H3,(H,23,24);1H. The maximum atomic E-state index is 9.02.